The molecule has 1 saturated heterocycles. The standard InChI is InChI=1S/C21H23NO3/c1-14-8-7-9-15(2)20(14)25-21(24)18-12-19(23)22(13-18)16(3)17-10-5-4-6-11-17/h4-11,16,18H,12-13H2,1-3H3/t16-,18-/m1/s1. The lowest BCUT2D eigenvalue weighted by Gasteiger charge is -2.25. The van der Waals surface area contributed by atoms with Gasteiger partial charge < -0.3 is 9.64 Å². The number of benzene rings is 2. The summed E-state index contributed by atoms with van der Waals surface area (Å²) in [6.45, 7) is 6.23. The number of ether oxygens (including phenoxy) is 1. The Hall–Kier alpha value is -2.62. The topological polar surface area (TPSA) is 46.6 Å². The minimum Gasteiger partial charge on any atom is -0.426 e. The highest BCUT2D eigenvalue weighted by Crippen LogP contribution is 2.30. The fourth-order valence-corrected chi connectivity index (χ4v) is 3.32. The fraction of sp³-hybridized carbons (Fsp3) is 0.333. The summed E-state index contributed by atoms with van der Waals surface area (Å²) in [7, 11) is 0. The van der Waals surface area contributed by atoms with Crippen LogP contribution in [-0.2, 0) is 9.59 Å². The van der Waals surface area contributed by atoms with Gasteiger partial charge in [0.2, 0.25) is 5.91 Å². The van der Waals surface area contributed by atoms with Crippen molar-refractivity contribution in [2.45, 2.75) is 33.2 Å². The first-order chi connectivity index (χ1) is 12.0. The minimum atomic E-state index is -0.419. The number of likely N-dealkylation sites (tertiary alicyclic amines) is 1. The third-order valence-electron chi connectivity index (χ3n) is 4.85. The smallest absolute Gasteiger partial charge is 0.316 e. The van der Waals surface area contributed by atoms with E-state index in [9.17, 15) is 9.59 Å². The molecule has 130 valence electrons. The molecule has 1 fully saturated rings. The normalized spacial score (nSPS) is 18.3. The Balaban J connectivity index is 1.71. The Morgan fingerprint density at radius 2 is 1.72 bits per heavy atom. The first-order valence-electron chi connectivity index (χ1n) is 8.59. The molecule has 0 aliphatic carbocycles. The van der Waals surface area contributed by atoms with Crippen molar-refractivity contribution < 1.29 is 14.3 Å². The molecule has 1 amide bonds. The molecule has 2 atom stereocenters. The zero-order valence-corrected chi connectivity index (χ0v) is 14.9. The largest absolute Gasteiger partial charge is 0.426 e. The monoisotopic (exact) mass is 337 g/mol. The summed E-state index contributed by atoms with van der Waals surface area (Å²) in [6.07, 6.45) is 0.209. The van der Waals surface area contributed by atoms with Crippen LogP contribution in [0.2, 0.25) is 0 Å². The predicted molar refractivity (Wildman–Crippen MR) is 96.2 cm³/mol. The first kappa shape index (κ1) is 17.2. The molecule has 2 aromatic rings. The molecule has 0 spiro atoms. The lowest BCUT2D eigenvalue weighted by atomic mass is 10.1. The van der Waals surface area contributed by atoms with E-state index in [1.165, 1.54) is 0 Å². The van der Waals surface area contributed by atoms with Gasteiger partial charge in [-0.1, -0.05) is 48.5 Å². The molecule has 1 heterocycles. The van der Waals surface area contributed by atoms with E-state index in [4.69, 9.17) is 4.74 Å². The minimum absolute atomic E-state index is 0.000177. The number of amides is 1. The second-order valence-corrected chi connectivity index (χ2v) is 6.68. The van der Waals surface area contributed by atoms with Crippen LogP contribution in [-0.4, -0.2) is 23.3 Å². The van der Waals surface area contributed by atoms with Crippen LogP contribution in [0, 0.1) is 19.8 Å². The van der Waals surface area contributed by atoms with Gasteiger partial charge in [0.25, 0.3) is 0 Å². The summed E-state index contributed by atoms with van der Waals surface area (Å²) in [4.78, 5) is 26.7. The van der Waals surface area contributed by atoms with E-state index in [1.807, 2.05) is 69.3 Å². The van der Waals surface area contributed by atoms with Gasteiger partial charge in [0.05, 0.1) is 12.0 Å². The van der Waals surface area contributed by atoms with Gasteiger partial charge in [-0.15, -0.1) is 0 Å². The second-order valence-electron chi connectivity index (χ2n) is 6.68. The van der Waals surface area contributed by atoms with Crippen molar-refractivity contribution in [3.05, 3.63) is 65.2 Å². The highest BCUT2D eigenvalue weighted by atomic mass is 16.5. The van der Waals surface area contributed by atoms with Crippen LogP contribution in [0.4, 0.5) is 0 Å². The van der Waals surface area contributed by atoms with Gasteiger partial charge in [0, 0.05) is 13.0 Å². The van der Waals surface area contributed by atoms with Gasteiger partial charge in [-0.2, -0.15) is 0 Å². The number of hydrogen-bond acceptors (Lipinski definition) is 3. The molecule has 0 N–H and O–H groups in total. The van der Waals surface area contributed by atoms with Gasteiger partial charge in [-0.05, 0) is 37.5 Å². The Labute approximate surface area is 148 Å². The molecular weight excluding hydrogens is 314 g/mol. The Bertz CT molecular complexity index is 765. The molecule has 0 unspecified atom stereocenters. The van der Waals surface area contributed by atoms with Crippen molar-refractivity contribution >= 4 is 11.9 Å². The van der Waals surface area contributed by atoms with E-state index < -0.39 is 5.92 Å². The van der Waals surface area contributed by atoms with E-state index >= 15 is 0 Å². The van der Waals surface area contributed by atoms with E-state index in [0.29, 0.717) is 12.3 Å². The van der Waals surface area contributed by atoms with Crippen molar-refractivity contribution in [2.75, 3.05) is 6.54 Å². The zero-order valence-electron chi connectivity index (χ0n) is 14.9. The molecule has 4 heteroatoms. The maximum absolute atomic E-state index is 12.6. The zero-order chi connectivity index (χ0) is 18.0. The van der Waals surface area contributed by atoms with Crippen LogP contribution >= 0.6 is 0 Å². The van der Waals surface area contributed by atoms with Crippen LogP contribution in [0.5, 0.6) is 5.75 Å². The number of carbonyl (C=O) groups excluding carboxylic acids is 2. The van der Waals surface area contributed by atoms with E-state index in [1.54, 1.807) is 4.90 Å². The number of rotatable bonds is 4. The van der Waals surface area contributed by atoms with Crippen molar-refractivity contribution in [1.82, 2.24) is 4.90 Å². The maximum Gasteiger partial charge on any atom is 0.316 e. The number of aryl methyl sites for hydroxylation is 2. The van der Waals surface area contributed by atoms with Crippen molar-refractivity contribution in [3.63, 3.8) is 0 Å². The molecule has 25 heavy (non-hydrogen) atoms. The van der Waals surface area contributed by atoms with E-state index in [0.717, 1.165) is 16.7 Å². The highest BCUT2D eigenvalue weighted by molar-refractivity contribution is 5.88. The summed E-state index contributed by atoms with van der Waals surface area (Å²) in [5.74, 6) is -0.138. The molecule has 0 bridgehead atoms. The Morgan fingerprint density at radius 1 is 1.08 bits per heavy atom. The molecule has 1 aliphatic heterocycles. The van der Waals surface area contributed by atoms with E-state index in [2.05, 4.69) is 0 Å². The molecule has 2 aromatic carbocycles. The van der Waals surface area contributed by atoms with Crippen molar-refractivity contribution in [2.24, 2.45) is 5.92 Å². The Kier molecular flexibility index (Phi) is 4.88. The maximum atomic E-state index is 12.6. The van der Waals surface area contributed by atoms with Crippen LogP contribution in [0.1, 0.15) is 36.1 Å². The van der Waals surface area contributed by atoms with Crippen molar-refractivity contribution in [3.8, 4) is 5.75 Å². The number of esters is 1. The number of hydrogen-bond donors (Lipinski definition) is 0. The predicted octanol–water partition coefficient (Wildman–Crippen LogP) is 3.82. The summed E-state index contributed by atoms with van der Waals surface area (Å²) in [5.41, 5.74) is 2.92. The quantitative estimate of drug-likeness (QED) is 0.629. The SMILES string of the molecule is Cc1cccc(C)c1OC(=O)[C@@H]1CC(=O)N([C@H](C)c2ccccc2)C1. The van der Waals surface area contributed by atoms with Gasteiger partial charge >= 0.3 is 5.97 Å². The van der Waals surface area contributed by atoms with Gasteiger partial charge in [-0.25, -0.2) is 0 Å². The average Bonchev–Trinajstić information content (AvgIpc) is 3.00. The van der Waals surface area contributed by atoms with E-state index in [-0.39, 0.29) is 24.3 Å². The molecule has 0 saturated carbocycles. The van der Waals surface area contributed by atoms with Gasteiger partial charge in [0.15, 0.2) is 0 Å². The summed E-state index contributed by atoms with van der Waals surface area (Å²) in [6, 6.07) is 15.6. The third kappa shape index (κ3) is 3.58. The van der Waals surface area contributed by atoms with Gasteiger partial charge in [0.1, 0.15) is 5.75 Å². The van der Waals surface area contributed by atoms with Crippen LogP contribution < -0.4 is 4.74 Å². The molecule has 4 nitrogen and oxygen atoms in total. The summed E-state index contributed by atoms with van der Waals surface area (Å²) >= 11 is 0. The fourth-order valence-electron chi connectivity index (χ4n) is 3.32. The van der Waals surface area contributed by atoms with Crippen LogP contribution in [0.25, 0.3) is 0 Å². The third-order valence-corrected chi connectivity index (χ3v) is 4.85. The molecule has 0 radical (unpaired) electrons. The molecule has 0 aromatic heterocycles. The molecule has 1 aliphatic rings. The number of nitrogens with zero attached hydrogens (tertiary/aromatic N) is 1. The average molecular weight is 337 g/mol. The van der Waals surface area contributed by atoms with Crippen molar-refractivity contribution in [1.29, 1.82) is 0 Å². The second kappa shape index (κ2) is 7.09. The molecule has 3 rings (SSSR count). The number of carbonyl (C=O) groups is 2. The summed E-state index contributed by atoms with van der Waals surface area (Å²) in [5, 5.41) is 0. The van der Waals surface area contributed by atoms with Gasteiger partial charge in [-0.3, -0.25) is 9.59 Å². The highest BCUT2D eigenvalue weighted by Gasteiger charge is 2.38. The first-order valence-corrected chi connectivity index (χ1v) is 8.59. The van der Waals surface area contributed by atoms with Crippen LogP contribution in [0.3, 0.4) is 0 Å². The lowest BCUT2D eigenvalue weighted by Crippen LogP contribution is -2.30. The summed E-state index contributed by atoms with van der Waals surface area (Å²) < 4.78 is 5.62. The number of para-hydroxylation sites is 1. The Morgan fingerprint density at radius 3 is 2.36 bits per heavy atom. The van der Waals surface area contributed by atoms with Crippen LogP contribution in [0.15, 0.2) is 48.5 Å². The molecular formula is C21H23NO3. The lowest BCUT2D eigenvalue weighted by molar-refractivity contribution is -0.139.